The van der Waals surface area contributed by atoms with Crippen LogP contribution in [0.5, 0.6) is 0 Å². The van der Waals surface area contributed by atoms with Gasteiger partial charge in [0.05, 0.1) is 17.3 Å². The highest BCUT2D eigenvalue weighted by Crippen LogP contribution is 2.36. The van der Waals surface area contributed by atoms with Crippen molar-refractivity contribution in [2.24, 2.45) is 0 Å². The summed E-state index contributed by atoms with van der Waals surface area (Å²) in [7, 11) is 0. The molecule has 6 nitrogen and oxygen atoms in total. The van der Waals surface area contributed by atoms with E-state index in [0.717, 1.165) is 10.9 Å². The van der Waals surface area contributed by atoms with Gasteiger partial charge in [-0.3, -0.25) is 9.89 Å². The van der Waals surface area contributed by atoms with Gasteiger partial charge < -0.3 is 10.4 Å². The van der Waals surface area contributed by atoms with Crippen molar-refractivity contribution in [3.8, 4) is 0 Å². The zero-order valence-corrected chi connectivity index (χ0v) is 10.4. The van der Waals surface area contributed by atoms with Gasteiger partial charge in [-0.15, -0.1) is 0 Å². The molecule has 1 fully saturated rings. The van der Waals surface area contributed by atoms with E-state index in [1.165, 1.54) is 0 Å². The number of H-pyrrole nitrogens is 1. The molecular weight excluding hydrogens is 246 g/mol. The van der Waals surface area contributed by atoms with Crippen molar-refractivity contribution in [2.45, 2.75) is 25.3 Å². The van der Waals surface area contributed by atoms with E-state index >= 15 is 0 Å². The number of carboxylic acid groups (broad SMARTS) is 1. The molecule has 0 bridgehead atoms. The van der Waals surface area contributed by atoms with Crippen molar-refractivity contribution < 1.29 is 14.7 Å². The van der Waals surface area contributed by atoms with Crippen molar-refractivity contribution in [3.63, 3.8) is 0 Å². The number of fused-ring (bicyclic) bond motifs is 1. The molecule has 0 unspecified atom stereocenters. The largest absolute Gasteiger partial charge is 0.480 e. The van der Waals surface area contributed by atoms with Gasteiger partial charge in [0.2, 0.25) is 0 Å². The van der Waals surface area contributed by atoms with E-state index in [4.69, 9.17) is 5.11 Å². The zero-order chi connectivity index (χ0) is 13.6. The number of rotatable bonds is 3. The van der Waals surface area contributed by atoms with Crippen molar-refractivity contribution >= 4 is 22.8 Å². The maximum Gasteiger partial charge on any atom is 0.329 e. The van der Waals surface area contributed by atoms with Crippen LogP contribution in [0.25, 0.3) is 10.9 Å². The molecule has 1 aromatic carbocycles. The highest BCUT2D eigenvalue weighted by atomic mass is 16.4. The molecule has 0 saturated heterocycles. The van der Waals surface area contributed by atoms with Crippen molar-refractivity contribution in [2.75, 3.05) is 0 Å². The van der Waals surface area contributed by atoms with Gasteiger partial charge in [0.1, 0.15) is 5.54 Å². The average molecular weight is 259 g/mol. The highest BCUT2D eigenvalue weighted by Gasteiger charge is 2.51. The van der Waals surface area contributed by atoms with E-state index in [1.807, 2.05) is 13.0 Å². The summed E-state index contributed by atoms with van der Waals surface area (Å²) >= 11 is 0. The minimum atomic E-state index is -1.08. The summed E-state index contributed by atoms with van der Waals surface area (Å²) in [5.41, 5.74) is 0.913. The van der Waals surface area contributed by atoms with Crippen LogP contribution < -0.4 is 5.32 Å². The van der Waals surface area contributed by atoms with Crippen molar-refractivity contribution in [3.05, 3.63) is 29.5 Å². The topological polar surface area (TPSA) is 95.1 Å². The molecule has 1 aromatic heterocycles. The molecule has 0 spiro atoms. The number of nitrogens with zero attached hydrogens (tertiary/aromatic N) is 1. The van der Waals surface area contributed by atoms with Crippen LogP contribution in [-0.4, -0.2) is 32.7 Å². The summed E-state index contributed by atoms with van der Waals surface area (Å²) in [5, 5.41) is 19.2. The van der Waals surface area contributed by atoms with Gasteiger partial charge in [-0.2, -0.15) is 5.10 Å². The third-order valence-electron chi connectivity index (χ3n) is 3.45. The SMILES string of the molecule is Cc1cc(C(=O)NC2(C(=O)O)CC2)c2[nH]ncc2c1. The van der Waals surface area contributed by atoms with Crippen LogP contribution in [0.2, 0.25) is 0 Å². The highest BCUT2D eigenvalue weighted by molar-refractivity contribution is 6.07. The van der Waals surface area contributed by atoms with E-state index < -0.39 is 11.5 Å². The summed E-state index contributed by atoms with van der Waals surface area (Å²) in [5.74, 6) is -1.35. The zero-order valence-electron chi connectivity index (χ0n) is 10.4. The van der Waals surface area contributed by atoms with Crippen LogP contribution in [0.3, 0.4) is 0 Å². The van der Waals surface area contributed by atoms with Gasteiger partial charge in [0.25, 0.3) is 5.91 Å². The Labute approximate surface area is 108 Å². The van der Waals surface area contributed by atoms with E-state index in [9.17, 15) is 9.59 Å². The van der Waals surface area contributed by atoms with Crippen LogP contribution in [0, 0.1) is 6.92 Å². The van der Waals surface area contributed by atoms with Crippen LogP contribution in [0.4, 0.5) is 0 Å². The lowest BCUT2D eigenvalue weighted by Gasteiger charge is -2.13. The second-order valence-corrected chi connectivity index (χ2v) is 4.99. The van der Waals surface area contributed by atoms with Crippen LogP contribution in [0.15, 0.2) is 18.3 Å². The van der Waals surface area contributed by atoms with Gasteiger partial charge in [0, 0.05) is 5.39 Å². The fraction of sp³-hybridized carbons (Fsp3) is 0.308. The van der Waals surface area contributed by atoms with E-state index in [0.29, 0.717) is 23.9 Å². The molecule has 0 atom stereocenters. The summed E-state index contributed by atoms with van der Waals surface area (Å²) in [4.78, 5) is 23.3. The molecule has 19 heavy (non-hydrogen) atoms. The lowest BCUT2D eigenvalue weighted by Crippen LogP contribution is -2.43. The van der Waals surface area contributed by atoms with Crippen LogP contribution in [-0.2, 0) is 4.79 Å². The van der Waals surface area contributed by atoms with Crippen molar-refractivity contribution in [1.82, 2.24) is 15.5 Å². The lowest BCUT2D eigenvalue weighted by molar-refractivity contribution is -0.140. The first-order chi connectivity index (χ1) is 9.02. The molecular formula is C13H13N3O3. The van der Waals surface area contributed by atoms with Crippen LogP contribution >= 0.6 is 0 Å². The molecule has 1 aliphatic carbocycles. The Kier molecular flexibility index (Phi) is 2.35. The Morgan fingerprint density at radius 2 is 2.16 bits per heavy atom. The first kappa shape index (κ1) is 11.7. The molecule has 1 heterocycles. The minimum Gasteiger partial charge on any atom is -0.480 e. The molecule has 1 saturated carbocycles. The fourth-order valence-corrected chi connectivity index (χ4v) is 2.19. The normalized spacial score (nSPS) is 16.3. The minimum absolute atomic E-state index is 0.377. The van der Waals surface area contributed by atoms with Gasteiger partial charge in [0.15, 0.2) is 0 Å². The van der Waals surface area contributed by atoms with Crippen LogP contribution in [0.1, 0.15) is 28.8 Å². The Morgan fingerprint density at radius 1 is 1.42 bits per heavy atom. The first-order valence-corrected chi connectivity index (χ1v) is 6.01. The fourth-order valence-electron chi connectivity index (χ4n) is 2.19. The maximum atomic E-state index is 12.2. The van der Waals surface area contributed by atoms with Gasteiger partial charge in [-0.05, 0) is 37.5 Å². The molecule has 0 aliphatic heterocycles. The summed E-state index contributed by atoms with van der Waals surface area (Å²) in [6, 6.07) is 3.65. The Hall–Kier alpha value is -2.37. The lowest BCUT2D eigenvalue weighted by atomic mass is 10.1. The number of aliphatic carboxylic acids is 1. The number of carbonyl (C=O) groups is 2. The number of carboxylic acids is 1. The Balaban J connectivity index is 1.98. The number of nitrogens with one attached hydrogen (secondary N) is 2. The number of hydrogen-bond donors (Lipinski definition) is 3. The molecule has 2 aromatic rings. The standard InChI is InChI=1S/C13H13N3O3/c1-7-4-8-6-14-16-10(8)9(5-7)11(17)15-13(2-3-13)12(18)19/h4-6H,2-3H2,1H3,(H,14,16)(H,15,17)(H,18,19). The Bertz CT molecular complexity index is 685. The summed E-state index contributed by atoms with van der Waals surface area (Å²) in [6.45, 7) is 1.88. The van der Waals surface area contributed by atoms with Crippen molar-refractivity contribution in [1.29, 1.82) is 0 Å². The summed E-state index contributed by atoms with van der Waals surface area (Å²) in [6.07, 6.45) is 2.60. The molecule has 3 N–H and O–H groups in total. The molecule has 6 heteroatoms. The first-order valence-electron chi connectivity index (χ1n) is 6.01. The predicted molar refractivity (Wildman–Crippen MR) is 67.9 cm³/mol. The number of hydrogen-bond acceptors (Lipinski definition) is 3. The van der Waals surface area contributed by atoms with E-state index in [2.05, 4.69) is 15.5 Å². The van der Waals surface area contributed by atoms with Gasteiger partial charge in [-0.25, -0.2) is 4.79 Å². The number of carbonyl (C=O) groups excluding carboxylic acids is 1. The number of amides is 1. The smallest absolute Gasteiger partial charge is 0.329 e. The molecule has 1 amide bonds. The van der Waals surface area contributed by atoms with E-state index in [1.54, 1.807) is 12.3 Å². The predicted octanol–water partition coefficient (Wildman–Crippen LogP) is 1.22. The quantitative estimate of drug-likeness (QED) is 0.772. The van der Waals surface area contributed by atoms with Gasteiger partial charge >= 0.3 is 5.97 Å². The van der Waals surface area contributed by atoms with Gasteiger partial charge in [-0.1, -0.05) is 0 Å². The molecule has 98 valence electrons. The number of benzene rings is 1. The second-order valence-electron chi connectivity index (χ2n) is 4.99. The monoisotopic (exact) mass is 259 g/mol. The van der Waals surface area contributed by atoms with E-state index in [-0.39, 0.29) is 5.91 Å². The molecule has 0 radical (unpaired) electrons. The number of aromatic amines is 1. The number of aromatic nitrogens is 2. The third kappa shape index (κ3) is 1.85. The molecule has 1 aliphatic rings. The summed E-state index contributed by atoms with van der Waals surface area (Å²) < 4.78 is 0. The molecule has 3 rings (SSSR count). The third-order valence-corrected chi connectivity index (χ3v) is 3.45. The number of aryl methyl sites for hydroxylation is 1. The Morgan fingerprint density at radius 3 is 2.79 bits per heavy atom. The second kappa shape index (κ2) is 3.81. The maximum absolute atomic E-state index is 12.2. The average Bonchev–Trinajstić information content (AvgIpc) is 2.98.